The van der Waals surface area contributed by atoms with Crippen molar-refractivity contribution in [3.8, 4) is 5.75 Å². The molecule has 1 aromatic carbocycles. The first kappa shape index (κ1) is 12.0. The molecule has 0 aliphatic rings. The van der Waals surface area contributed by atoms with Crippen molar-refractivity contribution in [2.24, 2.45) is 0 Å². The highest BCUT2D eigenvalue weighted by Crippen LogP contribution is 2.31. The molecule has 1 N–H and O–H groups in total. The number of hydrogen-bond donors (Lipinski definition) is 1. The molecule has 0 atom stereocenters. The predicted octanol–water partition coefficient (Wildman–Crippen LogP) is 3.29. The minimum atomic E-state index is -3.05. The summed E-state index contributed by atoms with van der Waals surface area (Å²) in [5, 5.41) is 8.29. The Balaban J connectivity index is 3.17. The van der Waals surface area contributed by atoms with Crippen molar-refractivity contribution >= 4 is 29.2 Å². The first-order chi connectivity index (χ1) is 6.91. The summed E-state index contributed by atoms with van der Waals surface area (Å²) in [6.45, 7) is -3.05. The summed E-state index contributed by atoms with van der Waals surface area (Å²) >= 11 is 11.1. The summed E-state index contributed by atoms with van der Waals surface area (Å²) in [6.07, 6.45) is 0. The van der Waals surface area contributed by atoms with Crippen LogP contribution in [0, 0.1) is 0 Å². The van der Waals surface area contributed by atoms with Crippen molar-refractivity contribution in [3.63, 3.8) is 0 Å². The minimum absolute atomic E-state index is 0.160. The average molecular weight is 257 g/mol. The van der Waals surface area contributed by atoms with Crippen LogP contribution in [0.2, 0.25) is 10.0 Å². The monoisotopic (exact) mass is 256 g/mol. The quantitative estimate of drug-likeness (QED) is 0.903. The van der Waals surface area contributed by atoms with E-state index in [9.17, 15) is 13.6 Å². The molecule has 0 aliphatic carbocycles. The molecule has 0 unspecified atom stereocenters. The number of carboxylic acid groups (broad SMARTS) is 1. The van der Waals surface area contributed by atoms with Gasteiger partial charge in [0.2, 0.25) is 0 Å². The topological polar surface area (TPSA) is 46.5 Å². The van der Waals surface area contributed by atoms with Crippen LogP contribution in [-0.2, 0) is 0 Å². The van der Waals surface area contributed by atoms with Crippen molar-refractivity contribution in [2.45, 2.75) is 6.61 Å². The van der Waals surface area contributed by atoms with Crippen LogP contribution in [0.5, 0.6) is 5.75 Å². The molecule has 0 radical (unpaired) electrons. The van der Waals surface area contributed by atoms with E-state index >= 15 is 0 Å². The van der Waals surface area contributed by atoms with Gasteiger partial charge in [0.05, 0.1) is 15.6 Å². The van der Waals surface area contributed by atoms with Crippen molar-refractivity contribution in [3.05, 3.63) is 27.7 Å². The summed E-state index contributed by atoms with van der Waals surface area (Å²) in [7, 11) is 0. The van der Waals surface area contributed by atoms with E-state index in [1.807, 2.05) is 0 Å². The summed E-state index contributed by atoms with van der Waals surface area (Å²) in [6, 6.07) is 1.89. The van der Waals surface area contributed by atoms with Crippen LogP contribution >= 0.6 is 23.2 Å². The lowest BCUT2D eigenvalue weighted by Gasteiger charge is -2.07. The Morgan fingerprint density at radius 3 is 2.47 bits per heavy atom. The van der Waals surface area contributed by atoms with Gasteiger partial charge >= 0.3 is 12.6 Å². The van der Waals surface area contributed by atoms with E-state index in [0.717, 1.165) is 12.1 Å². The summed E-state index contributed by atoms with van der Waals surface area (Å²) in [5.41, 5.74) is -0.389. The maximum Gasteiger partial charge on any atom is 0.387 e. The maximum absolute atomic E-state index is 11.8. The fourth-order valence-corrected chi connectivity index (χ4v) is 1.29. The smallest absolute Gasteiger partial charge is 0.387 e. The van der Waals surface area contributed by atoms with Crippen LogP contribution in [0.15, 0.2) is 12.1 Å². The zero-order valence-electron chi connectivity index (χ0n) is 7.01. The molecule has 0 aromatic heterocycles. The van der Waals surface area contributed by atoms with Crippen LogP contribution in [0.1, 0.15) is 10.4 Å². The molecular formula is C8H4Cl2F2O3. The SMILES string of the molecule is O=C(O)c1cc(OC(F)F)cc(Cl)c1Cl. The highest BCUT2D eigenvalue weighted by molar-refractivity contribution is 6.43. The third-order valence-electron chi connectivity index (χ3n) is 1.46. The van der Waals surface area contributed by atoms with Gasteiger partial charge in [0.15, 0.2) is 0 Å². The average Bonchev–Trinajstić information content (AvgIpc) is 2.09. The number of carboxylic acids is 1. The van der Waals surface area contributed by atoms with Crippen molar-refractivity contribution in [1.82, 2.24) is 0 Å². The Bertz CT molecular complexity index is 396. The Labute approximate surface area is 93.2 Å². The second kappa shape index (κ2) is 4.63. The molecule has 15 heavy (non-hydrogen) atoms. The summed E-state index contributed by atoms with van der Waals surface area (Å²) < 4.78 is 27.7. The lowest BCUT2D eigenvalue weighted by molar-refractivity contribution is -0.0499. The minimum Gasteiger partial charge on any atom is -0.478 e. The second-order valence-electron chi connectivity index (χ2n) is 2.45. The van der Waals surface area contributed by atoms with Gasteiger partial charge in [-0.1, -0.05) is 23.2 Å². The number of ether oxygens (including phenoxy) is 1. The van der Waals surface area contributed by atoms with Gasteiger partial charge in [-0.15, -0.1) is 0 Å². The van der Waals surface area contributed by atoms with Gasteiger partial charge in [0.1, 0.15) is 5.75 Å². The van der Waals surface area contributed by atoms with Gasteiger partial charge in [-0.2, -0.15) is 8.78 Å². The van der Waals surface area contributed by atoms with Gasteiger partial charge in [-0.05, 0) is 6.07 Å². The maximum atomic E-state index is 11.8. The molecule has 7 heteroatoms. The molecule has 1 rings (SSSR count). The molecule has 0 saturated heterocycles. The Morgan fingerprint density at radius 1 is 1.40 bits per heavy atom. The molecule has 82 valence electrons. The first-order valence-corrected chi connectivity index (χ1v) is 4.34. The van der Waals surface area contributed by atoms with Gasteiger partial charge < -0.3 is 9.84 Å². The van der Waals surface area contributed by atoms with E-state index < -0.39 is 12.6 Å². The van der Waals surface area contributed by atoms with Gasteiger partial charge in [0, 0.05) is 6.07 Å². The number of hydrogen-bond acceptors (Lipinski definition) is 2. The van der Waals surface area contributed by atoms with Crippen LogP contribution < -0.4 is 4.74 Å². The lowest BCUT2D eigenvalue weighted by Crippen LogP contribution is -2.04. The van der Waals surface area contributed by atoms with Crippen LogP contribution in [0.4, 0.5) is 8.78 Å². The second-order valence-corrected chi connectivity index (χ2v) is 3.24. The number of carbonyl (C=O) groups is 1. The van der Waals surface area contributed by atoms with Crippen molar-refractivity contribution < 1.29 is 23.4 Å². The van der Waals surface area contributed by atoms with E-state index in [4.69, 9.17) is 28.3 Å². The Morgan fingerprint density at radius 2 is 2.00 bits per heavy atom. The van der Waals surface area contributed by atoms with Gasteiger partial charge in [-0.3, -0.25) is 0 Å². The van der Waals surface area contributed by atoms with Crippen LogP contribution in [0.25, 0.3) is 0 Å². The standard InChI is InChI=1S/C8H4Cl2F2O3/c9-5-2-3(15-8(11)12)1-4(6(5)10)7(13)14/h1-2,8H,(H,13,14). The van der Waals surface area contributed by atoms with Crippen molar-refractivity contribution in [1.29, 1.82) is 0 Å². The number of aromatic carboxylic acids is 1. The molecule has 0 saturated carbocycles. The molecular weight excluding hydrogens is 253 g/mol. The largest absolute Gasteiger partial charge is 0.478 e. The number of halogens is 4. The molecule has 0 heterocycles. The zero-order chi connectivity index (χ0) is 11.6. The zero-order valence-corrected chi connectivity index (χ0v) is 8.52. The normalized spacial score (nSPS) is 10.5. The molecule has 0 spiro atoms. The predicted molar refractivity (Wildman–Crippen MR) is 50.1 cm³/mol. The van der Waals surface area contributed by atoms with Crippen LogP contribution in [-0.4, -0.2) is 17.7 Å². The highest BCUT2D eigenvalue weighted by atomic mass is 35.5. The van der Waals surface area contributed by atoms with Gasteiger partial charge in [0.25, 0.3) is 0 Å². The van der Waals surface area contributed by atoms with E-state index in [0.29, 0.717) is 0 Å². The van der Waals surface area contributed by atoms with Crippen LogP contribution in [0.3, 0.4) is 0 Å². The van der Waals surface area contributed by atoms with E-state index in [1.54, 1.807) is 0 Å². The van der Waals surface area contributed by atoms with Gasteiger partial charge in [-0.25, -0.2) is 4.79 Å². The third-order valence-corrected chi connectivity index (χ3v) is 2.26. The highest BCUT2D eigenvalue weighted by Gasteiger charge is 2.15. The van der Waals surface area contributed by atoms with E-state index in [1.165, 1.54) is 0 Å². The summed E-state index contributed by atoms with van der Waals surface area (Å²) in [4.78, 5) is 10.6. The lowest BCUT2D eigenvalue weighted by atomic mass is 10.2. The Hall–Kier alpha value is -1.07. The first-order valence-electron chi connectivity index (χ1n) is 3.59. The third kappa shape index (κ3) is 2.94. The number of rotatable bonds is 3. The molecule has 0 bridgehead atoms. The fraction of sp³-hybridized carbons (Fsp3) is 0.125. The van der Waals surface area contributed by atoms with E-state index in [2.05, 4.69) is 4.74 Å². The number of alkyl halides is 2. The molecule has 0 aliphatic heterocycles. The Kier molecular flexibility index (Phi) is 3.71. The molecule has 1 aromatic rings. The number of benzene rings is 1. The van der Waals surface area contributed by atoms with Crippen molar-refractivity contribution in [2.75, 3.05) is 0 Å². The molecule has 0 amide bonds. The summed E-state index contributed by atoms with van der Waals surface area (Å²) in [5.74, 6) is -1.72. The van der Waals surface area contributed by atoms with E-state index in [-0.39, 0.29) is 21.4 Å². The molecule has 3 nitrogen and oxygen atoms in total. The molecule has 0 fully saturated rings. The fourth-order valence-electron chi connectivity index (χ4n) is 0.891.